The van der Waals surface area contributed by atoms with Crippen molar-refractivity contribution in [1.82, 2.24) is 20.1 Å². The Hall–Kier alpha value is -3.12. The highest BCUT2D eigenvalue weighted by Crippen LogP contribution is 2.34. The van der Waals surface area contributed by atoms with Crippen LogP contribution in [0.1, 0.15) is 39.4 Å². The first-order valence-corrected chi connectivity index (χ1v) is 11.6. The maximum Gasteiger partial charge on any atom is 0.341 e. The summed E-state index contributed by atoms with van der Waals surface area (Å²) in [7, 11) is 1.50. The molecular formula is C20H23N5O5S2. The van der Waals surface area contributed by atoms with Crippen molar-refractivity contribution in [2.75, 3.05) is 24.7 Å². The standard InChI is InChI=1S/C20H23N5O5S2/c1-5-25-16(12-8-7-9-30-12)23-24-20(25)31-10-13(26)22-18-14(19(28)29-6-2)11(3)15(32-18)17(27)21-4/h7-9H,5-6,10H2,1-4H3,(H,21,27)(H,22,26). The number of furan rings is 1. The number of thiophene rings is 1. The number of hydrogen-bond acceptors (Lipinski definition) is 9. The number of nitrogens with zero attached hydrogens (tertiary/aromatic N) is 3. The largest absolute Gasteiger partial charge is 0.462 e. The molecule has 0 aliphatic heterocycles. The average Bonchev–Trinajstić information content (AvgIpc) is 3.50. The van der Waals surface area contributed by atoms with E-state index >= 15 is 0 Å². The molecule has 0 spiro atoms. The number of esters is 1. The van der Waals surface area contributed by atoms with E-state index in [1.54, 1.807) is 32.2 Å². The van der Waals surface area contributed by atoms with Crippen LogP contribution in [-0.4, -0.2) is 52.0 Å². The fourth-order valence-electron chi connectivity index (χ4n) is 2.94. The molecule has 0 radical (unpaired) electrons. The van der Waals surface area contributed by atoms with Crippen molar-refractivity contribution in [1.29, 1.82) is 0 Å². The predicted molar refractivity (Wildman–Crippen MR) is 121 cm³/mol. The van der Waals surface area contributed by atoms with E-state index in [0.717, 1.165) is 11.3 Å². The van der Waals surface area contributed by atoms with E-state index in [4.69, 9.17) is 9.15 Å². The molecule has 0 bridgehead atoms. The molecule has 32 heavy (non-hydrogen) atoms. The van der Waals surface area contributed by atoms with Crippen molar-refractivity contribution in [2.45, 2.75) is 32.5 Å². The van der Waals surface area contributed by atoms with Gasteiger partial charge in [-0.2, -0.15) is 0 Å². The van der Waals surface area contributed by atoms with E-state index in [2.05, 4.69) is 20.8 Å². The van der Waals surface area contributed by atoms with Gasteiger partial charge in [0.1, 0.15) is 5.00 Å². The van der Waals surface area contributed by atoms with Crippen LogP contribution in [0.15, 0.2) is 28.0 Å². The van der Waals surface area contributed by atoms with Gasteiger partial charge in [-0.1, -0.05) is 11.8 Å². The zero-order valence-corrected chi connectivity index (χ0v) is 19.7. The molecule has 0 atom stereocenters. The smallest absolute Gasteiger partial charge is 0.341 e. The van der Waals surface area contributed by atoms with Crippen molar-refractivity contribution in [2.24, 2.45) is 0 Å². The van der Waals surface area contributed by atoms with Crippen LogP contribution in [0.5, 0.6) is 0 Å². The molecule has 0 aliphatic rings. The number of aromatic nitrogens is 3. The molecule has 3 aromatic rings. The lowest BCUT2D eigenvalue weighted by molar-refractivity contribution is -0.113. The van der Waals surface area contributed by atoms with Crippen LogP contribution in [0.2, 0.25) is 0 Å². The number of carbonyl (C=O) groups is 3. The summed E-state index contributed by atoms with van der Waals surface area (Å²) in [6.07, 6.45) is 1.56. The van der Waals surface area contributed by atoms with Gasteiger partial charge in [-0.05, 0) is 38.5 Å². The summed E-state index contributed by atoms with van der Waals surface area (Å²) in [6, 6.07) is 3.55. The van der Waals surface area contributed by atoms with Crippen molar-refractivity contribution in [3.63, 3.8) is 0 Å². The Balaban J connectivity index is 1.77. The Kier molecular flexibility index (Phi) is 7.70. The Labute approximate surface area is 192 Å². The summed E-state index contributed by atoms with van der Waals surface area (Å²) < 4.78 is 12.3. The zero-order valence-electron chi connectivity index (χ0n) is 18.1. The van der Waals surface area contributed by atoms with Gasteiger partial charge in [-0.3, -0.25) is 14.2 Å². The maximum atomic E-state index is 12.7. The summed E-state index contributed by atoms with van der Waals surface area (Å²) >= 11 is 2.24. The molecule has 12 heteroatoms. The number of anilines is 1. The van der Waals surface area contributed by atoms with Gasteiger partial charge in [0, 0.05) is 13.6 Å². The van der Waals surface area contributed by atoms with E-state index in [9.17, 15) is 14.4 Å². The maximum absolute atomic E-state index is 12.7. The van der Waals surface area contributed by atoms with Gasteiger partial charge in [-0.15, -0.1) is 21.5 Å². The van der Waals surface area contributed by atoms with E-state index < -0.39 is 5.97 Å². The Morgan fingerprint density at radius 2 is 2.06 bits per heavy atom. The van der Waals surface area contributed by atoms with Gasteiger partial charge in [-0.25, -0.2) is 4.79 Å². The molecule has 0 aromatic carbocycles. The Morgan fingerprint density at radius 1 is 1.28 bits per heavy atom. The number of ether oxygens (including phenoxy) is 1. The quantitative estimate of drug-likeness (QED) is 0.355. The highest BCUT2D eigenvalue weighted by atomic mass is 32.2. The van der Waals surface area contributed by atoms with E-state index in [1.807, 2.05) is 11.5 Å². The van der Waals surface area contributed by atoms with E-state index in [0.29, 0.717) is 33.7 Å². The van der Waals surface area contributed by atoms with Gasteiger partial charge in [0.15, 0.2) is 16.7 Å². The molecule has 3 heterocycles. The van der Waals surface area contributed by atoms with Crippen LogP contribution in [0, 0.1) is 6.92 Å². The summed E-state index contributed by atoms with van der Waals surface area (Å²) in [4.78, 5) is 37.6. The first-order chi connectivity index (χ1) is 15.4. The van der Waals surface area contributed by atoms with Crippen molar-refractivity contribution < 1.29 is 23.5 Å². The number of amides is 2. The molecule has 0 aliphatic carbocycles. The predicted octanol–water partition coefficient (Wildman–Crippen LogP) is 3.20. The van der Waals surface area contributed by atoms with Crippen LogP contribution < -0.4 is 10.6 Å². The molecule has 2 amide bonds. The second kappa shape index (κ2) is 10.5. The van der Waals surface area contributed by atoms with Gasteiger partial charge in [0.05, 0.1) is 29.1 Å². The van der Waals surface area contributed by atoms with Crippen molar-refractivity contribution in [3.05, 3.63) is 34.4 Å². The van der Waals surface area contributed by atoms with E-state index in [1.165, 1.54) is 18.8 Å². The normalized spacial score (nSPS) is 10.8. The van der Waals surface area contributed by atoms with Gasteiger partial charge in [0.2, 0.25) is 5.91 Å². The Morgan fingerprint density at radius 3 is 2.69 bits per heavy atom. The van der Waals surface area contributed by atoms with Crippen LogP contribution in [0.3, 0.4) is 0 Å². The van der Waals surface area contributed by atoms with Crippen LogP contribution in [-0.2, 0) is 16.1 Å². The van der Waals surface area contributed by atoms with Crippen molar-refractivity contribution >= 4 is 45.9 Å². The monoisotopic (exact) mass is 477 g/mol. The highest BCUT2D eigenvalue weighted by Gasteiger charge is 2.26. The minimum atomic E-state index is -0.590. The van der Waals surface area contributed by atoms with E-state index in [-0.39, 0.29) is 34.7 Å². The molecule has 0 saturated heterocycles. The third-order valence-electron chi connectivity index (χ3n) is 4.42. The number of thioether (sulfide) groups is 1. The number of carbonyl (C=O) groups excluding carboxylic acids is 3. The van der Waals surface area contributed by atoms with Crippen molar-refractivity contribution in [3.8, 4) is 11.6 Å². The summed E-state index contributed by atoms with van der Waals surface area (Å²) in [5.74, 6) is -0.0807. The molecular weight excluding hydrogens is 454 g/mol. The number of rotatable bonds is 9. The molecule has 0 fully saturated rings. The topological polar surface area (TPSA) is 128 Å². The first kappa shape index (κ1) is 23.5. The summed E-state index contributed by atoms with van der Waals surface area (Å²) in [5, 5.41) is 14.4. The van der Waals surface area contributed by atoms with Crippen LogP contribution in [0.25, 0.3) is 11.6 Å². The number of hydrogen-bond donors (Lipinski definition) is 2. The van der Waals surface area contributed by atoms with Gasteiger partial charge >= 0.3 is 5.97 Å². The second-order valence-electron chi connectivity index (χ2n) is 6.42. The lowest BCUT2D eigenvalue weighted by Crippen LogP contribution is -2.18. The fourth-order valence-corrected chi connectivity index (χ4v) is 4.90. The average molecular weight is 478 g/mol. The molecule has 0 saturated carbocycles. The Bertz CT molecular complexity index is 1120. The number of nitrogens with one attached hydrogen (secondary N) is 2. The van der Waals surface area contributed by atoms with Crippen LogP contribution in [0.4, 0.5) is 5.00 Å². The summed E-state index contributed by atoms with van der Waals surface area (Å²) in [5.41, 5.74) is 0.648. The van der Waals surface area contributed by atoms with Gasteiger partial charge < -0.3 is 19.8 Å². The molecule has 170 valence electrons. The molecule has 10 nitrogen and oxygen atoms in total. The molecule has 3 aromatic heterocycles. The highest BCUT2D eigenvalue weighted by molar-refractivity contribution is 7.99. The molecule has 3 rings (SSSR count). The third-order valence-corrected chi connectivity index (χ3v) is 6.59. The lowest BCUT2D eigenvalue weighted by atomic mass is 10.1. The fraction of sp³-hybridized carbons (Fsp3) is 0.350. The SMILES string of the molecule is CCOC(=O)c1c(NC(=O)CSc2nnc(-c3ccco3)n2CC)sc(C(=O)NC)c1C. The minimum Gasteiger partial charge on any atom is -0.462 e. The minimum absolute atomic E-state index is 0.0325. The first-order valence-electron chi connectivity index (χ1n) is 9.83. The lowest BCUT2D eigenvalue weighted by Gasteiger charge is -2.08. The zero-order chi connectivity index (χ0) is 23.3. The molecule has 2 N–H and O–H groups in total. The summed E-state index contributed by atoms with van der Waals surface area (Å²) in [6.45, 7) is 6.06. The molecule has 0 unspecified atom stereocenters. The third kappa shape index (κ3) is 4.86. The second-order valence-corrected chi connectivity index (χ2v) is 8.39. The van der Waals surface area contributed by atoms with Gasteiger partial charge in [0.25, 0.3) is 5.91 Å². The van der Waals surface area contributed by atoms with Crippen LogP contribution >= 0.6 is 23.1 Å².